The van der Waals surface area contributed by atoms with Crippen molar-refractivity contribution in [1.82, 2.24) is 9.97 Å². The number of fused-ring (bicyclic) bond motifs is 1. The number of halogens is 5. The number of alkyl halides is 3. The van der Waals surface area contributed by atoms with E-state index in [1.54, 1.807) is 35.7 Å². The van der Waals surface area contributed by atoms with Crippen molar-refractivity contribution in [1.29, 1.82) is 0 Å². The van der Waals surface area contributed by atoms with Crippen molar-refractivity contribution >= 4 is 63.0 Å². The van der Waals surface area contributed by atoms with Crippen LogP contribution in [0.1, 0.15) is 5.56 Å². The van der Waals surface area contributed by atoms with Crippen LogP contribution in [-0.4, -0.2) is 16.0 Å². The Hall–Kier alpha value is -3.44. The van der Waals surface area contributed by atoms with Crippen LogP contribution in [0.4, 0.5) is 45.4 Å². The molecule has 0 saturated heterocycles. The first-order valence-electron chi connectivity index (χ1n) is 8.76. The summed E-state index contributed by atoms with van der Waals surface area (Å²) in [5.41, 5.74) is 4.70. The summed E-state index contributed by atoms with van der Waals surface area (Å²) in [6, 6.07) is 9.31. The van der Waals surface area contributed by atoms with E-state index in [0.717, 1.165) is 0 Å². The smallest absolute Gasteiger partial charge is 0.368 e. The van der Waals surface area contributed by atoms with E-state index in [2.05, 4.69) is 15.3 Å². The Kier molecular flexibility index (Phi) is 6.51. The van der Waals surface area contributed by atoms with Crippen LogP contribution in [0.5, 0.6) is 0 Å². The number of rotatable bonds is 3. The monoisotopic (exact) mass is 483 g/mol. The van der Waals surface area contributed by atoms with Crippen LogP contribution in [0, 0.1) is 5.82 Å². The number of benzene rings is 2. The van der Waals surface area contributed by atoms with E-state index >= 15 is 0 Å². The molecule has 0 aliphatic heterocycles. The zero-order valence-electron chi connectivity index (χ0n) is 15.9. The molecule has 0 unspecified atom stereocenters. The molecule has 3 N–H and O–H groups in total. The van der Waals surface area contributed by atoms with E-state index < -0.39 is 29.3 Å². The molecule has 0 bridgehead atoms. The van der Waals surface area contributed by atoms with E-state index in [9.17, 15) is 22.4 Å². The lowest BCUT2D eigenvalue weighted by atomic mass is 10.2. The zero-order valence-corrected chi connectivity index (χ0v) is 17.6. The normalized spacial score (nSPS) is 11.1. The van der Waals surface area contributed by atoms with Crippen LogP contribution < -0.4 is 16.0 Å². The first kappa shape index (κ1) is 23.2. The highest BCUT2D eigenvalue weighted by Crippen LogP contribution is 2.37. The van der Waals surface area contributed by atoms with Gasteiger partial charge in [-0.05, 0) is 30.3 Å². The first-order valence-corrected chi connectivity index (χ1v) is 9.64. The number of carbonyl (C=O) groups excluding carboxylic acids is 1. The van der Waals surface area contributed by atoms with Crippen molar-refractivity contribution in [3.05, 3.63) is 71.5 Å². The minimum absolute atomic E-state index is 0. The molecule has 0 saturated carbocycles. The number of nitrogens with one attached hydrogen (secondary N) is 1. The predicted octanol–water partition coefficient (Wildman–Crippen LogP) is 6.22. The van der Waals surface area contributed by atoms with Crippen molar-refractivity contribution in [2.45, 2.75) is 6.18 Å². The molecule has 12 heteroatoms. The third-order valence-corrected chi connectivity index (χ3v) is 5.20. The van der Waals surface area contributed by atoms with Gasteiger partial charge in [0.2, 0.25) is 5.95 Å². The minimum atomic E-state index is -4.69. The highest BCUT2D eigenvalue weighted by atomic mass is 35.5. The largest absolute Gasteiger partial charge is 0.416 e. The second-order valence-corrected chi connectivity index (χ2v) is 7.22. The summed E-state index contributed by atoms with van der Waals surface area (Å²) < 4.78 is 53.3. The average Bonchev–Trinajstić information content (AvgIpc) is 3.12. The molecule has 2 amide bonds. The molecular weight excluding hydrogens is 470 g/mol. The van der Waals surface area contributed by atoms with Gasteiger partial charge in [-0.3, -0.25) is 4.90 Å². The Morgan fingerprint density at radius 2 is 1.84 bits per heavy atom. The van der Waals surface area contributed by atoms with Gasteiger partial charge in [0.25, 0.3) is 0 Å². The number of aromatic nitrogens is 2. The van der Waals surface area contributed by atoms with Gasteiger partial charge >= 0.3 is 12.2 Å². The molecular formula is C20H14ClF4N5OS. The van der Waals surface area contributed by atoms with Gasteiger partial charge in [-0.2, -0.15) is 13.2 Å². The predicted molar refractivity (Wildman–Crippen MR) is 118 cm³/mol. The standard InChI is InChI=1S/C20H13F4N5OS.ClH/c21-14-7-6-11(20(22,23)24)8-15(14)27-19(30)29(12-4-2-1-3-5-12)16-10-31-17-13(16)9-26-18(25)28-17;/h1-10H,(H,27,30)(H2,25,26,28);1H. The van der Waals surface area contributed by atoms with Gasteiger partial charge < -0.3 is 11.1 Å². The van der Waals surface area contributed by atoms with Gasteiger partial charge in [0.1, 0.15) is 10.6 Å². The molecule has 0 radical (unpaired) electrons. The molecule has 2 aromatic carbocycles. The maximum Gasteiger partial charge on any atom is 0.416 e. The zero-order chi connectivity index (χ0) is 22.2. The third-order valence-electron chi connectivity index (χ3n) is 4.32. The fraction of sp³-hybridized carbons (Fsp3) is 0.0500. The van der Waals surface area contributed by atoms with Gasteiger partial charge in [-0.1, -0.05) is 18.2 Å². The maximum absolute atomic E-state index is 14.2. The number of thiophene rings is 1. The third kappa shape index (κ3) is 4.58. The van der Waals surface area contributed by atoms with Crippen molar-refractivity contribution in [3.8, 4) is 0 Å². The van der Waals surface area contributed by atoms with Crippen LogP contribution >= 0.6 is 23.7 Å². The number of nitrogens with two attached hydrogens (primary N) is 1. The molecule has 4 rings (SSSR count). The summed E-state index contributed by atoms with van der Waals surface area (Å²) >= 11 is 1.21. The number of para-hydroxylation sites is 1. The van der Waals surface area contributed by atoms with Crippen LogP contribution in [0.3, 0.4) is 0 Å². The van der Waals surface area contributed by atoms with Gasteiger partial charge in [0, 0.05) is 11.6 Å². The van der Waals surface area contributed by atoms with Crippen molar-refractivity contribution < 1.29 is 22.4 Å². The average molecular weight is 484 g/mol. The lowest BCUT2D eigenvalue weighted by Gasteiger charge is -2.23. The molecule has 0 fully saturated rings. The lowest BCUT2D eigenvalue weighted by molar-refractivity contribution is -0.137. The fourth-order valence-corrected chi connectivity index (χ4v) is 3.79. The molecule has 0 aliphatic carbocycles. The molecule has 2 heterocycles. The summed E-state index contributed by atoms with van der Waals surface area (Å²) in [5.74, 6) is -0.941. The number of urea groups is 1. The summed E-state index contributed by atoms with van der Waals surface area (Å²) in [6.07, 6.45) is -3.25. The molecule has 0 aliphatic rings. The topological polar surface area (TPSA) is 84.1 Å². The van der Waals surface area contributed by atoms with Crippen molar-refractivity contribution in [2.75, 3.05) is 16.0 Å². The van der Waals surface area contributed by atoms with Gasteiger partial charge in [0.15, 0.2) is 0 Å². The maximum atomic E-state index is 14.2. The summed E-state index contributed by atoms with van der Waals surface area (Å²) in [5, 5.41) is 4.37. The van der Waals surface area contributed by atoms with Crippen molar-refractivity contribution in [2.24, 2.45) is 0 Å². The van der Waals surface area contributed by atoms with E-state index in [1.807, 2.05) is 0 Å². The quantitative estimate of drug-likeness (QED) is 0.339. The number of hydrogen-bond acceptors (Lipinski definition) is 5. The van der Waals surface area contributed by atoms with E-state index in [0.29, 0.717) is 39.8 Å². The molecule has 0 atom stereocenters. The summed E-state index contributed by atoms with van der Waals surface area (Å²) in [4.78, 5) is 22.9. The Bertz CT molecular complexity index is 1270. The fourth-order valence-electron chi connectivity index (χ4n) is 2.90. The summed E-state index contributed by atoms with van der Waals surface area (Å²) in [6.45, 7) is 0. The Labute approximate surface area is 189 Å². The van der Waals surface area contributed by atoms with Crippen LogP contribution in [0.2, 0.25) is 0 Å². The molecule has 166 valence electrons. The molecule has 4 aromatic rings. The number of hydrogen-bond donors (Lipinski definition) is 2. The molecule has 0 spiro atoms. The van der Waals surface area contributed by atoms with Crippen LogP contribution in [0.25, 0.3) is 10.2 Å². The minimum Gasteiger partial charge on any atom is -0.368 e. The Balaban J connectivity index is 0.00000289. The SMILES string of the molecule is Cl.Nc1ncc2c(N(C(=O)Nc3cc(C(F)(F)F)ccc3F)c3ccccc3)csc2n1. The number of amides is 2. The van der Waals surface area contributed by atoms with Gasteiger partial charge in [0.05, 0.1) is 28.0 Å². The Morgan fingerprint density at radius 1 is 1.12 bits per heavy atom. The molecule has 32 heavy (non-hydrogen) atoms. The number of anilines is 4. The van der Waals surface area contributed by atoms with Crippen LogP contribution in [-0.2, 0) is 6.18 Å². The van der Waals surface area contributed by atoms with E-state index in [4.69, 9.17) is 5.73 Å². The van der Waals surface area contributed by atoms with Crippen LogP contribution in [0.15, 0.2) is 60.1 Å². The van der Waals surface area contributed by atoms with Gasteiger partial charge in [-0.25, -0.2) is 19.2 Å². The second-order valence-electron chi connectivity index (χ2n) is 6.36. The Morgan fingerprint density at radius 3 is 2.53 bits per heavy atom. The molecule has 6 nitrogen and oxygen atoms in total. The second kappa shape index (κ2) is 8.97. The lowest BCUT2D eigenvalue weighted by Crippen LogP contribution is -2.31. The highest BCUT2D eigenvalue weighted by Gasteiger charge is 2.32. The molecule has 2 aromatic heterocycles. The van der Waals surface area contributed by atoms with E-state index in [-0.39, 0.29) is 18.4 Å². The number of nitrogen functional groups attached to an aromatic ring is 1. The van der Waals surface area contributed by atoms with E-state index in [1.165, 1.54) is 22.4 Å². The van der Waals surface area contributed by atoms with Gasteiger partial charge in [-0.15, -0.1) is 23.7 Å². The number of nitrogens with zero attached hydrogens (tertiary/aromatic N) is 3. The number of carbonyl (C=O) groups is 1. The first-order chi connectivity index (χ1) is 14.7. The summed E-state index contributed by atoms with van der Waals surface area (Å²) in [7, 11) is 0. The van der Waals surface area contributed by atoms with Crippen molar-refractivity contribution in [3.63, 3.8) is 0 Å². The highest BCUT2D eigenvalue weighted by molar-refractivity contribution is 7.17.